The third kappa shape index (κ3) is 3.40. The van der Waals surface area contributed by atoms with Crippen molar-refractivity contribution < 1.29 is 22.8 Å². The molecule has 0 aliphatic carbocycles. The number of hydrogen-bond donors (Lipinski definition) is 1. The van der Waals surface area contributed by atoms with E-state index in [0.29, 0.717) is 5.69 Å². The van der Waals surface area contributed by atoms with Gasteiger partial charge in [-0.2, -0.15) is 13.2 Å². The van der Waals surface area contributed by atoms with Gasteiger partial charge in [0.1, 0.15) is 6.04 Å². The number of nitrogens with zero attached hydrogens (tertiary/aromatic N) is 2. The smallest absolute Gasteiger partial charge is 0.322 e. The summed E-state index contributed by atoms with van der Waals surface area (Å²) in [5.74, 6) is -0.729. The Kier molecular flexibility index (Phi) is 4.43. The molecule has 0 saturated carbocycles. The van der Waals surface area contributed by atoms with E-state index in [4.69, 9.17) is 0 Å². The summed E-state index contributed by atoms with van der Waals surface area (Å²) >= 11 is 0. The predicted octanol–water partition coefficient (Wildman–Crippen LogP) is 3.51. The minimum atomic E-state index is -4.62. The summed E-state index contributed by atoms with van der Waals surface area (Å²) in [6.07, 6.45) is -4.62. The second-order valence-corrected chi connectivity index (χ2v) is 6.17. The lowest BCUT2D eigenvalue weighted by molar-refractivity contribution is -0.138. The van der Waals surface area contributed by atoms with Gasteiger partial charge in [0.2, 0.25) is 0 Å². The Bertz CT molecular complexity index is 860. The van der Waals surface area contributed by atoms with E-state index < -0.39 is 29.7 Å². The summed E-state index contributed by atoms with van der Waals surface area (Å²) in [6, 6.07) is 6.20. The number of hydrogen-bond acceptors (Lipinski definition) is 3. The zero-order chi connectivity index (χ0) is 19.1. The third-order valence-corrected chi connectivity index (χ3v) is 4.07. The Hall–Kier alpha value is -2.90. The number of carbonyl (C=O) groups is 2. The molecule has 5 nitrogen and oxygen atoms in total. The molecule has 1 aliphatic rings. The van der Waals surface area contributed by atoms with Crippen LogP contribution in [-0.4, -0.2) is 21.8 Å². The number of pyridine rings is 1. The van der Waals surface area contributed by atoms with Crippen molar-refractivity contribution >= 4 is 11.9 Å². The van der Waals surface area contributed by atoms with Crippen LogP contribution in [0.3, 0.4) is 0 Å². The zero-order valence-corrected chi connectivity index (χ0v) is 14.1. The molecule has 1 aromatic heterocycles. The highest BCUT2D eigenvalue weighted by molar-refractivity contribution is 6.04. The van der Waals surface area contributed by atoms with E-state index in [2.05, 4.69) is 10.3 Å². The van der Waals surface area contributed by atoms with Crippen LogP contribution in [0.15, 0.2) is 36.4 Å². The quantitative estimate of drug-likeness (QED) is 0.849. The Morgan fingerprint density at radius 3 is 2.50 bits per heavy atom. The molecule has 3 amide bonds. The van der Waals surface area contributed by atoms with Gasteiger partial charge in [0, 0.05) is 5.69 Å². The maximum absolute atomic E-state index is 13.2. The molecule has 1 saturated heterocycles. The topological polar surface area (TPSA) is 62.3 Å². The van der Waals surface area contributed by atoms with Crippen molar-refractivity contribution in [1.82, 2.24) is 15.2 Å². The van der Waals surface area contributed by atoms with Crippen molar-refractivity contribution in [2.24, 2.45) is 0 Å². The van der Waals surface area contributed by atoms with Gasteiger partial charge in [-0.3, -0.25) is 14.7 Å². The van der Waals surface area contributed by atoms with Crippen LogP contribution in [0.1, 0.15) is 34.1 Å². The minimum Gasteiger partial charge on any atom is -0.322 e. The predicted molar refractivity (Wildman–Crippen MR) is 87.0 cm³/mol. The Balaban J connectivity index is 1.91. The van der Waals surface area contributed by atoms with Gasteiger partial charge >= 0.3 is 12.2 Å². The highest BCUT2D eigenvalue weighted by Gasteiger charge is 2.43. The number of rotatable bonds is 3. The molecule has 1 atom stereocenters. The van der Waals surface area contributed by atoms with Crippen molar-refractivity contribution in [3.8, 4) is 0 Å². The molecule has 0 bridgehead atoms. The standard InChI is InChI=1S/C18H16F3N3O2/c1-10-7-11(2)22-12(8-10)9-24-16(25)15(23-17(24)26)13-5-3-4-6-14(13)18(19,20)21/h3-8,15H,9H2,1-2H3,(H,23,26). The van der Waals surface area contributed by atoms with Crippen LogP contribution in [0, 0.1) is 13.8 Å². The number of aromatic nitrogens is 1. The lowest BCUT2D eigenvalue weighted by atomic mass is 10.00. The number of nitrogens with one attached hydrogen (secondary N) is 1. The molecule has 1 fully saturated rings. The Labute approximate surface area is 147 Å². The van der Waals surface area contributed by atoms with Crippen molar-refractivity contribution in [2.45, 2.75) is 32.6 Å². The van der Waals surface area contributed by atoms with Crippen LogP contribution in [0.4, 0.5) is 18.0 Å². The van der Waals surface area contributed by atoms with Crippen molar-refractivity contribution in [3.05, 3.63) is 64.5 Å². The largest absolute Gasteiger partial charge is 0.416 e. The van der Waals surface area contributed by atoms with Gasteiger partial charge in [0.15, 0.2) is 0 Å². The maximum Gasteiger partial charge on any atom is 0.416 e. The molecule has 2 aromatic rings. The lowest BCUT2D eigenvalue weighted by Crippen LogP contribution is -2.30. The van der Waals surface area contributed by atoms with Gasteiger partial charge in [-0.25, -0.2) is 4.79 Å². The number of carbonyl (C=O) groups excluding carboxylic acids is 2. The molecular formula is C18H16F3N3O2. The normalized spacial score (nSPS) is 17.6. The van der Waals surface area contributed by atoms with Crippen molar-refractivity contribution in [1.29, 1.82) is 0 Å². The summed E-state index contributed by atoms with van der Waals surface area (Å²) in [4.78, 5) is 30.0. The highest BCUT2D eigenvalue weighted by atomic mass is 19.4. The van der Waals surface area contributed by atoms with Crippen molar-refractivity contribution in [2.75, 3.05) is 0 Å². The first-order valence-electron chi connectivity index (χ1n) is 7.89. The maximum atomic E-state index is 13.2. The first kappa shape index (κ1) is 17.9. The fourth-order valence-electron chi connectivity index (χ4n) is 3.05. The molecule has 0 radical (unpaired) electrons. The van der Waals surface area contributed by atoms with Gasteiger partial charge < -0.3 is 5.32 Å². The molecule has 0 spiro atoms. The molecule has 26 heavy (non-hydrogen) atoms. The molecule has 1 unspecified atom stereocenters. The number of alkyl halides is 3. The molecular weight excluding hydrogens is 347 g/mol. The first-order chi connectivity index (χ1) is 12.2. The zero-order valence-electron chi connectivity index (χ0n) is 14.1. The molecule has 1 N–H and O–H groups in total. The van der Waals surface area contributed by atoms with Crippen LogP contribution in [-0.2, 0) is 17.5 Å². The van der Waals surface area contributed by atoms with Gasteiger partial charge in [-0.15, -0.1) is 0 Å². The van der Waals surface area contributed by atoms with E-state index in [1.165, 1.54) is 18.2 Å². The van der Waals surface area contributed by atoms with Crippen LogP contribution >= 0.6 is 0 Å². The highest BCUT2D eigenvalue weighted by Crippen LogP contribution is 2.36. The number of imide groups is 1. The van der Waals surface area contributed by atoms with Gasteiger partial charge in [0.05, 0.1) is 17.8 Å². The van der Waals surface area contributed by atoms with Crippen molar-refractivity contribution in [3.63, 3.8) is 0 Å². The number of aryl methyl sites for hydroxylation is 2. The van der Waals surface area contributed by atoms with E-state index in [9.17, 15) is 22.8 Å². The SMILES string of the molecule is Cc1cc(C)nc(CN2C(=O)NC(c3ccccc3C(F)(F)F)C2=O)c1. The summed E-state index contributed by atoms with van der Waals surface area (Å²) in [6.45, 7) is 3.54. The average Bonchev–Trinajstić information content (AvgIpc) is 2.81. The molecule has 3 rings (SSSR count). The second kappa shape index (κ2) is 6.44. The van der Waals surface area contributed by atoms with Crippen LogP contribution < -0.4 is 5.32 Å². The number of halogens is 3. The second-order valence-electron chi connectivity index (χ2n) is 6.17. The van der Waals surface area contributed by atoms with E-state index >= 15 is 0 Å². The number of urea groups is 1. The fraction of sp³-hybridized carbons (Fsp3) is 0.278. The Morgan fingerprint density at radius 2 is 1.85 bits per heavy atom. The summed E-state index contributed by atoms with van der Waals surface area (Å²) in [7, 11) is 0. The monoisotopic (exact) mass is 363 g/mol. The van der Waals surface area contributed by atoms with Gasteiger partial charge in [-0.05, 0) is 43.2 Å². The van der Waals surface area contributed by atoms with Crippen LogP contribution in [0.5, 0.6) is 0 Å². The fourth-order valence-corrected chi connectivity index (χ4v) is 3.05. The summed E-state index contributed by atoms with van der Waals surface area (Å²) in [5.41, 5.74) is 0.930. The average molecular weight is 363 g/mol. The third-order valence-electron chi connectivity index (χ3n) is 4.07. The molecule has 8 heteroatoms. The first-order valence-corrected chi connectivity index (χ1v) is 7.89. The summed E-state index contributed by atoms with van der Waals surface area (Å²) < 4.78 is 39.6. The Morgan fingerprint density at radius 1 is 1.15 bits per heavy atom. The lowest BCUT2D eigenvalue weighted by Gasteiger charge is -2.17. The molecule has 1 aromatic carbocycles. The van der Waals surface area contributed by atoms with Crippen LogP contribution in [0.2, 0.25) is 0 Å². The van der Waals surface area contributed by atoms with Crippen LogP contribution in [0.25, 0.3) is 0 Å². The van der Waals surface area contributed by atoms with E-state index in [1.807, 2.05) is 13.0 Å². The molecule has 1 aliphatic heterocycles. The van der Waals surface area contributed by atoms with E-state index in [1.54, 1.807) is 13.0 Å². The number of benzene rings is 1. The molecule has 2 heterocycles. The van der Waals surface area contributed by atoms with E-state index in [-0.39, 0.29) is 12.1 Å². The minimum absolute atomic E-state index is 0.0993. The number of amides is 3. The molecule has 136 valence electrons. The van der Waals surface area contributed by atoms with E-state index in [0.717, 1.165) is 22.2 Å². The van der Waals surface area contributed by atoms with Gasteiger partial charge in [0.25, 0.3) is 5.91 Å². The summed E-state index contributed by atoms with van der Waals surface area (Å²) in [5, 5.41) is 2.34. The van der Waals surface area contributed by atoms with Gasteiger partial charge in [-0.1, -0.05) is 18.2 Å².